The van der Waals surface area contributed by atoms with E-state index >= 15 is 0 Å². The van der Waals surface area contributed by atoms with Crippen molar-refractivity contribution in [3.63, 3.8) is 0 Å². The van der Waals surface area contributed by atoms with E-state index < -0.39 is 17.9 Å². The molecule has 2 aromatic carbocycles. The molecule has 0 aliphatic carbocycles. The van der Waals surface area contributed by atoms with Crippen molar-refractivity contribution >= 4 is 17.7 Å². The number of imide groups is 1. The number of hydrogen-bond donors (Lipinski definition) is 1. The van der Waals surface area contributed by atoms with Crippen molar-refractivity contribution < 1.29 is 23.9 Å². The lowest BCUT2D eigenvalue weighted by Crippen LogP contribution is -2.53. The molecule has 2 aliphatic rings. The standard InChI is InChI=1S/C26H31N3O5/c1-17(2)23(29-25(31)20-6-4-5-7-21(20)26(29)32)24(30)27-16-22(28-12-14-34-15-13-28)18-8-10-19(33-3)11-9-18/h4-11,17,22-23H,12-16H2,1-3H3,(H,27,30). The Morgan fingerprint density at radius 1 is 1.00 bits per heavy atom. The molecule has 8 heteroatoms. The Morgan fingerprint density at radius 3 is 2.12 bits per heavy atom. The largest absolute Gasteiger partial charge is 0.497 e. The first kappa shape index (κ1) is 23.9. The molecular formula is C26H31N3O5. The molecule has 0 radical (unpaired) electrons. The van der Waals surface area contributed by atoms with Crippen LogP contribution in [-0.4, -0.2) is 73.5 Å². The fraction of sp³-hybridized carbons (Fsp3) is 0.423. The zero-order valence-electron chi connectivity index (χ0n) is 19.8. The molecule has 2 heterocycles. The SMILES string of the molecule is COc1ccc(C(CNC(=O)C(C(C)C)N2C(=O)c3ccccc3C2=O)N2CCOCC2)cc1. The van der Waals surface area contributed by atoms with Crippen LogP contribution >= 0.6 is 0 Å². The van der Waals surface area contributed by atoms with E-state index in [0.717, 1.165) is 29.3 Å². The summed E-state index contributed by atoms with van der Waals surface area (Å²) in [5.41, 5.74) is 1.73. The van der Waals surface area contributed by atoms with Crippen molar-refractivity contribution in [3.05, 3.63) is 65.2 Å². The van der Waals surface area contributed by atoms with Crippen molar-refractivity contribution in [3.8, 4) is 5.75 Å². The van der Waals surface area contributed by atoms with Crippen molar-refractivity contribution in [2.24, 2.45) is 5.92 Å². The number of morpholine rings is 1. The molecule has 8 nitrogen and oxygen atoms in total. The van der Waals surface area contributed by atoms with Crippen LogP contribution in [0.3, 0.4) is 0 Å². The summed E-state index contributed by atoms with van der Waals surface area (Å²) < 4.78 is 10.8. The average molecular weight is 466 g/mol. The Hall–Kier alpha value is -3.23. The van der Waals surface area contributed by atoms with Gasteiger partial charge in [-0.3, -0.25) is 24.2 Å². The number of fused-ring (bicyclic) bond motifs is 1. The first-order valence-corrected chi connectivity index (χ1v) is 11.6. The number of methoxy groups -OCH3 is 1. The van der Waals surface area contributed by atoms with Crippen molar-refractivity contribution in [2.45, 2.75) is 25.9 Å². The van der Waals surface area contributed by atoms with Gasteiger partial charge in [-0.25, -0.2) is 0 Å². The van der Waals surface area contributed by atoms with Crippen LogP contribution in [0.1, 0.15) is 46.2 Å². The number of nitrogens with zero attached hydrogens (tertiary/aromatic N) is 2. The van der Waals surface area contributed by atoms with Crippen LogP contribution in [0.2, 0.25) is 0 Å². The van der Waals surface area contributed by atoms with Gasteiger partial charge in [0.1, 0.15) is 11.8 Å². The molecule has 1 N–H and O–H groups in total. The Morgan fingerprint density at radius 2 is 1.59 bits per heavy atom. The van der Waals surface area contributed by atoms with Gasteiger partial charge in [-0.15, -0.1) is 0 Å². The predicted molar refractivity (Wildman–Crippen MR) is 127 cm³/mol. The molecule has 2 unspecified atom stereocenters. The highest BCUT2D eigenvalue weighted by Gasteiger charge is 2.44. The Balaban J connectivity index is 1.53. The van der Waals surface area contributed by atoms with Crippen LogP contribution in [0.25, 0.3) is 0 Å². The number of hydrogen-bond acceptors (Lipinski definition) is 6. The number of nitrogens with one attached hydrogen (secondary N) is 1. The number of carbonyl (C=O) groups excluding carboxylic acids is 3. The van der Waals surface area contributed by atoms with Gasteiger partial charge in [0.25, 0.3) is 11.8 Å². The molecule has 0 saturated carbocycles. The molecule has 2 aliphatic heterocycles. The molecule has 1 fully saturated rings. The Kier molecular flexibility index (Phi) is 7.29. The fourth-order valence-electron chi connectivity index (χ4n) is 4.65. The van der Waals surface area contributed by atoms with E-state index in [-0.39, 0.29) is 17.9 Å². The average Bonchev–Trinajstić information content (AvgIpc) is 3.10. The Bertz CT molecular complexity index is 1010. The molecule has 0 spiro atoms. The van der Waals surface area contributed by atoms with E-state index in [0.29, 0.717) is 30.9 Å². The van der Waals surface area contributed by atoms with Crippen LogP contribution < -0.4 is 10.1 Å². The highest BCUT2D eigenvalue weighted by Crippen LogP contribution is 2.28. The van der Waals surface area contributed by atoms with Gasteiger partial charge in [0, 0.05) is 19.6 Å². The van der Waals surface area contributed by atoms with Crippen LogP contribution in [-0.2, 0) is 9.53 Å². The van der Waals surface area contributed by atoms with Gasteiger partial charge >= 0.3 is 0 Å². The minimum absolute atomic E-state index is 0.0752. The lowest BCUT2D eigenvalue weighted by molar-refractivity contribution is -0.126. The zero-order chi connectivity index (χ0) is 24.2. The maximum atomic E-state index is 13.4. The highest BCUT2D eigenvalue weighted by molar-refractivity contribution is 6.22. The van der Waals surface area contributed by atoms with Crippen LogP contribution in [0.15, 0.2) is 48.5 Å². The zero-order valence-corrected chi connectivity index (χ0v) is 19.8. The predicted octanol–water partition coefficient (Wildman–Crippen LogP) is 2.51. The smallest absolute Gasteiger partial charge is 0.262 e. The van der Waals surface area contributed by atoms with Gasteiger partial charge in [-0.1, -0.05) is 38.1 Å². The third-order valence-corrected chi connectivity index (χ3v) is 6.46. The Labute approximate surface area is 199 Å². The minimum atomic E-state index is -0.895. The quantitative estimate of drug-likeness (QED) is 0.603. The van der Waals surface area contributed by atoms with Crippen molar-refractivity contribution in [1.29, 1.82) is 0 Å². The molecule has 0 bridgehead atoms. The molecule has 34 heavy (non-hydrogen) atoms. The van der Waals surface area contributed by atoms with Crippen LogP contribution in [0, 0.1) is 5.92 Å². The summed E-state index contributed by atoms with van der Waals surface area (Å²) in [6, 6.07) is 13.5. The van der Waals surface area contributed by atoms with E-state index in [1.165, 1.54) is 0 Å². The lowest BCUT2D eigenvalue weighted by Gasteiger charge is -2.36. The van der Waals surface area contributed by atoms with Gasteiger partial charge in [0.05, 0.1) is 37.5 Å². The number of amides is 3. The summed E-state index contributed by atoms with van der Waals surface area (Å²) in [4.78, 5) is 42.8. The number of rotatable bonds is 8. The monoisotopic (exact) mass is 465 g/mol. The lowest BCUT2D eigenvalue weighted by atomic mass is 10.0. The second-order valence-electron chi connectivity index (χ2n) is 8.90. The van der Waals surface area contributed by atoms with E-state index in [1.807, 2.05) is 38.1 Å². The van der Waals surface area contributed by atoms with Gasteiger partial charge in [-0.05, 0) is 35.7 Å². The molecular weight excluding hydrogens is 434 g/mol. The number of benzene rings is 2. The first-order valence-electron chi connectivity index (χ1n) is 11.6. The van der Waals surface area contributed by atoms with E-state index in [9.17, 15) is 14.4 Å². The first-order chi connectivity index (χ1) is 16.4. The second-order valence-corrected chi connectivity index (χ2v) is 8.90. The summed E-state index contributed by atoms with van der Waals surface area (Å²) in [6.07, 6.45) is 0. The molecule has 0 aromatic heterocycles. The van der Waals surface area contributed by atoms with Crippen LogP contribution in [0.5, 0.6) is 5.75 Å². The normalized spacial score (nSPS) is 18.1. The number of carbonyl (C=O) groups is 3. The summed E-state index contributed by atoms with van der Waals surface area (Å²) in [6.45, 7) is 6.79. The van der Waals surface area contributed by atoms with E-state index in [4.69, 9.17) is 9.47 Å². The molecule has 3 amide bonds. The summed E-state index contributed by atoms with van der Waals surface area (Å²) in [5, 5.41) is 3.03. The molecule has 180 valence electrons. The van der Waals surface area contributed by atoms with Gasteiger partial charge in [-0.2, -0.15) is 0 Å². The summed E-state index contributed by atoms with van der Waals surface area (Å²) >= 11 is 0. The van der Waals surface area contributed by atoms with Gasteiger partial charge in [0.2, 0.25) is 5.91 Å². The fourth-order valence-corrected chi connectivity index (χ4v) is 4.65. The molecule has 2 atom stereocenters. The number of ether oxygens (including phenoxy) is 2. The molecule has 2 aromatic rings. The summed E-state index contributed by atoms with van der Waals surface area (Å²) in [5.74, 6) is -0.663. The van der Waals surface area contributed by atoms with Crippen molar-refractivity contribution in [2.75, 3.05) is 40.0 Å². The van der Waals surface area contributed by atoms with Crippen LogP contribution in [0.4, 0.5) is 0 Å². The maximum absolute atomic E-state index is 13.4. The molecule has 4 rings (SSSR count). The summed E-state index contributed by atoms with van der Waals surface area (Å²) in [7, 11) is 1.62. The van der Waals surface area contributed by atoms with Gasteiger partial charge < -0.3 is 14.8 Å². The molecule has 1 saturated heterocycles. The van der Waals surface area contributed by atoms with Crippen molar-refractivity contribution in [1.82, 2.24) is 15.1 Å². The van der Waals surface area contributed by atoms with E-state index in [2.05, 4.69) is 10.2 Å². The van der Waals surface area contributed by atoms with E-state index in [1.54, 1.807) is 31.4 Å². The highest BCUT2D eigenvalue weighted by atomic mass is 16.5. The minimum Gasteiger partial charge on any atom is -0.497 e. The van der Waals surface area contributed by atoms with Gasteiger partial charge in [0.15, 0.2) is 0 Å². The third kappa shape index (κ3) is 4.69. The maximum Gasteiger partial charge on any atom is 0.262 e. The topological polar surface area (TPSA) is 88.2 Å². The second kappa shape index (κ2) is 10.4. The third-order valence-electron chi connectivity index (χ3n) is 6.46.